The molecule has 0 N–H and O–H groups in total. The lowest BCUT2D eigenvalue weighted by Gasteiger charge is -2.39. The molecule has 0 aromatic carbocycles. The van der Waals surface area contributed by atoms with E-state index >= 15 is 0 Å². The van der Waals surface area contributed by atoms with Gasteiger partial charge >= 0.3 is 0 Å². The van der Waals surface area contributed by atoms with Crippen molar-refractivity contribution in [2.45, 2.75) is 67.2 Å². The molecule has 0 amide bonds. The Morgan fingerprint density at radius 3 is 2.53 bits per heavy atom. The van der Waals surface area contributed by atoms with Crippen LogP contribution in [0.1, 0.15) is 67.2 Å². The summed E-state index contributed by atoms with van der Waals surface area (Å²) in [4.78, 5) is 10.6. The van der Waals surface area contributed by atoms with Crippen molar-refractivity contribution < 1.29 is 4.79 Å². The zero-order valence-electron chi connectivity index (χ0n) is 12.5. The van der Waals surface area contributed by atoms with E-state index in [-0.39, 0.29) is 5.92 Å². The standard InChI is InChI=1S/C14H24O.C2H6/c1-11(10-15)7-8-13-12(2)6-5-9-14(13,3)4;1-2/h6,10-11,13H,5,7-9H2,1-4H3;1-2H3. The van der Waals surface area contributed by atoms with Crippen LogP contribution in [0.25, 0.3) is 0 Å². The molecule has 2 unspecified atom stereocenters. The van der Waals surface area contributed by atoms with Crippen LogP contribution in [-0.4, -0.2) is 6.29 Å². The molecule has 1 heteroatoms. The van der Waals surface area contributed by atoms with E-state index in [0.717, 1.165) is 19.1 Å². The van der Waals surface area contributed by atoms with Crippen LogP contribution in [0.2, 0.25) is 0 Å². The first-order valence-corrected chi connectivity index (χ1v) is 7.09. The normalized spacial score (nSPS) is 24.1. The molecule has 1 nitrogen and oxygen atoms in total. The van der Waals surface area contributed by atoms with Gasteiger partial charge in [0.1, 0.15) is 6.29 Å². The van der Waals surface area contributed by atoms with Gasteiger partial charge < -0.3 is 4.79 Å². The fourth-order valence-corrected chi connectivity index (χ4v) is 2.72. The summed E-state index contributed by atoms with van der Waals surface area (Å²) in [7, 11) is 0. The topological polar surface area (TPSA) is 17.1 Å². The minimum atomic E-state index is 0.218. The molecule has 1 aliphatic rings. The lowest BCUT2D eigenvalue weighted by atomic mass is 9.66. The van der Waals surface area contributed by atoms with Gasteiger partial charge in [-0.15, -0.1) is 0 Å². The molecule has 0 heterocycles. The van der Waals surface area contributed by atoms with Crippen LogP contribution in [-0.2, 0) is 4.79 Å². The quantitative estimate of drug-likeness (QED) is 0.497. The van der Waals surface area contributed by atoms with Gasteiger partial charge in [-0.05, 0) is 43.9 Å². The van der Waals surface area contributed by atoms with Crippen LogP contribution in [0.3, 0.4) is 0 Å². The molecule has 0 saturated carbocycles. The second-order valence-corrected chi connectivity index (χ2v) is 5.72. The summed E-state index contributed by atoms with van der Waals surface area (Å²) in [5.41, 5.74) is 1.95. The third-order valence-corrected chi connectivity index (χ3v) is 3.89. The summed E-state index contributed by atoms with van der Waals surface area (Å²) >= 11 is 0. The first-order valence-electron chi connectivity index (χ1n) is 7.09. The molecule has 0 aromatic rings. The maximum absolute atomic E-state index is 10.6. The molecule has 17 heavy (non-hydrogen) atoms. The predicted molar refractivity (Wildman–Crippen MR) is 76.1 cm³/mol. The first-order chi connectivity index (χ1) is 7.97. The van der Waals surface area contributed by atoms with Crippen LogP contribution in [0.15, 0.2) is 11.6 Å². The molecule has 0 aromatic heterocycles. The van der Waals surface area contributed by atoms with Gasteiger partial charge in [0.2, 0.25) is 0 Å². The Hall–Kier alpha value is -0.590. The van der Waals surface area contributed by atoms with E-state index in [9.17, 15) is 4.79 Å². The molecule has 100 valence electrons. The summed E-state index contributed by atoms with van der Waals surface area (Å²) in [5, 5.41) is 0. The Bertz CT molecular complexity index is 250. The van der Waals surface area contributed by atoms with E-state index in [1.807, 2.05) is 20.8 Å². The summed E-state index contributed by atoms with van der Waals surface area (Å²) in [6.07, 6.45) is 8.15. The predicted octanol–water partition coefficient (Wildman–Crippen LogP) is 5.01. The molecule has 0 saturated heterocycles. The lowest BCUT2D eigenvalue weighted by Crippen LogP contribution is -2.28. The largest absolute Gasteiger partial charge is 0.303 e. The van der Waals surface area contributed by atoms with E-state index in [2.05, 4.69) is 26.8 Å². The minimum absolute atomic E-state index is 0.218. The highest BCUT2D eigenvalue weighted by Crippen LogP contribution is 2.43. The minimum Gasteiger partial charge on any atom is -0.303 e. The van der Waals surface area contributed by atoms with Gasteiger partial charge in [0.05, 0.1) is 0 Å². The second-order valence-electron chi connectivity index (χ2n) is 5.72. The van der Waals surface area contributed by atoms with Crippen molar-refractivity contribution >= 4 is 6.29 Å². The SMILES string of the molecule is CC.CC1=CCCC(C)(C)C1CCC(C)C=O. The van der Waals surface area contributed by atoms with Crippen LogP contribution >= 0.6 is 0 Å². The Morgan fingerprint density at radius 2 is 2.06 bits per heavy atom. The highest BCUT2D eigenvalue weighted by molar-refractivity contribution is 5.52. The molecular formula is C16H30O. The molecule has 0 bridgehead atoms. The average molecular weight is 238 g/mol. The van der Waals surface area contributed by atoms with Crippen molar-refractivity contribution in [3.8, 4) is 0 Å². The van der Waals surface area contributed by atoms with Crippen molar-refractivity contribution in [2.75, 3.05) is 0 Å². The van der Waals surface area contributed by atoms with Gasteiger partial charge in [0.15, 0.2) is 0 Å². The molecule has 0 radical (unpaired) electrons. The fraction of sp³-hybridized carbons (Fsp3) is 0.812. The summed E-state index contributed by atoms with van der Waals surface area (Å²) in [5.74, 6) is 0.893. The van der Waals surface area contributed by atoms with Gasteiger partial charge in [0.25, 0.3) is 0 Å². The van der Waals surface area contributed by atoms with E-state index in [0.29, 0.717) is 11.3 Å². The number of carbonyl (C=O) groups excluding carboxylic acids is 1. The zero-order chi connectivity index (χ0) is 13.5. The molecule has 1 rings (SSSR count). The number of hydrogen-bond acceptors (Lipinski definition) is 1. The van der Waals surface area contributed by atoms with Crippen molar-refractivity contribution in [1.29, 1.82) is 0 Å². The molecule has 0 fully saturated rings. The summed E-state index contributed by atoms with van der Waals surface area (Å²) in [6, 6.07) is 0. The van der Waals surface area contributed by atoms with Crippen LogP contribution in [0.4, 0.5) is 0 Å². The lowest BCUT2D eigenvalue weighted by molar-refractivity contribution is -0.110. The third kappa shape index (κ3) is 5.06. The Morgan fingerprint density at radius 1 is 1.47 bits per heavy atom. The average Bonchev–Trinajstić information content (AvgIpc) is 2.30. The van der Waals surface area contributed by atoms with Crippen LogP contribution < -0.4 is 0 Å². The van der Waals surface area contributed by atoms with Crippen molar-refractivity contribution in [2.24, 2.45) is 17.3 Å². The smallest absolute Gasteiger partial charge is 0.122 e. The zero-order valence-corrected chi connectivity index (χ0v) is 12.5. The molecule has 0 aliphatic heterocycles. The molecule has 2 atom stereocenters. The maximum Gasteiger partial charge on any atom is 0.122 e. The Labute approximate surface area is 108 Å². The monoisotopic (exact) mass is 238 g/mol. The van der Waals surface area contributed by atoms with E-state index in [1.54, 1.807) is 0 Å². The summed E-state index contributed by atoms with van der Waals surface area (Å²) < 4.78 is 0. The Balaban J connectivity index is 0.00000121. The molecular weight excluding hydrogens is 208 g/mol. The maximum atomic E-state index is 10.6. The number of carbonyl (C=O) groups is 1. The number of rotatable bonds is 4. The molecule has 0 spiro atoms. The van der Waals surface area contributed by atoms with Gasteiger partial charge in [-0.25, -0.2) is 0 Å². The van der Waals surface area contributed by atoms with E-state index in [4.69, 9.17) is 0 Å². The highest BCUT2D eigenvalue weighted by Gasteiger charge is 2.32. The van der Waals surface area contributed by atoms with Gasteiger partial charge in [0, 0.05) is 5.92 Å². The van der Waals surface area contributed by atoms with Gasteiger partial charge in [-0.2, -0.15) is 0 Å². The van der Waals surface area contributed by atoms with Crippen LogP contribution in [0, 0.1) is 17.3 Å². The first kappa shape index (κ1) is 16.4. The third-order valence-electron chi connectivity index (χ3n) is 3.89. The molecule has 1 aliphatic carbocycles. The van der Waals surface area contributed by atoms with Crippen LogP contribution in [0.5, 0.6) is 0 Å². The van der Waals surface area contributed by atoms with Gasteiger partial charge in [-0.3, -0.25) is 0 Å². The van der Waals surface area contributed by atoms with Crippen molar-refractivity contribution in [1.82, 2.24) is 0 Å². The number of aldehydes is 1. The van der Waals surface area contributed by atoms with E-state index in [1.165, 1.54) is 18.4 Å². The van der Waals surface area contributed by atoms with Gasteiger partial charge in [-0.1, -0.05) is 46.3 Å². The second kappa shape index (κ2) is 7.68. The van der Waals surface area contributed by atoms with Crippen molar-refractivity contribution in [3.05, 3.63) is 11.6 Å². The summed E-state index contributed by atoms with van der Waals surface area (Å²) in [6.45, 7) is 13.0. The Kier molecular flexibility index (Phi) is 7.41. The van der Waals surface area contributed by atoms with E-state index < -0.39 is 0 Å². The number of hydrogen-bond donors (Lipinski definition) is 0. The fourth-order valence-electron chi connectivity index (χ4n) is 2.72. The highest BCUT2D eigenvalue weighted by atomic mass is 16.1. The van der Waals surface area contributed by atoms with Crippen molar-refractivity contribution in [3.63, 3.8) is 0 Å². The number of allylic oxidation sites excluding steroid dienone is 2.